The lowest BCUT2D eigenvalue weighted by Gasteiger charge is -2.21. The largest absolute Gasteiger partial charge is 0.472 e. The summed E-state index contributed by atoms with van der Waals surface area (Å²) < 4.78 is 68.3. The molecule has 0 aromatic carbocycles. The molecule has 0 fully saturated rings. The second kappa shape index (κ2) is 60.7. The van der Waals surface area contributed by atoms with Crippen LogP contribution >= 0.6 is 15.6 Å². The molecular formula is C71H138O17P2. The van der Waals surface area contributed by atoms with Gasteiger partial charge in [-0.25, -0.2) is 9.13 Å². The molecule has 0 spiro atoms. The predicted molar refractivity (Wildman–Crippen MR) is 363 cm³/mol. The highest BCUT2D eigenvalue weighted by Crippen LogP contribution is 2.45. The summed E-state index contributed by atoms with van der Waals surface area (Å²) in [5.74, 6) is 0.850. The van der Waals surface area contributed by atoms with Gasteiger partial charge in [0.15, 0.2) is 12.2 Å². The van der Waals surface area contributed by atoms with Gasteiger partial charge in [-0.05, 0) is 49.4 Å². The lowest BCUT2D eigenvalue weighted by atomic mass is 9.99. The van der Waals surface area contributed by atoms with Crippen molar-refractivity contribution in [3.63, 3.8) is 0 Å². The number of aliphatic hydroxyl groups is 1. The fourth-order valence-corrected chi connectivity index (χ4v) is 12.2. The molecule has 0 saturated carbocycles. The molecule has 0 radical (unpaired) electrons. The maximum atomic E-state index is 13.0. The van der Waals surface area contributed by atoms with E-state index >= 15 is 0 Å². The number of phosphoric acid groups is 2. The Morgan fingerprint density at radius 2 is 0.533 bits per heavy atom. The zero-order valence-corrected chi connectivity index (χ0v) is 60.6. The Morgan fingerprint density at radius 3 is 0.789 bits per heavy atom. The van der Waals surface area contributed by atoms with Gasteiger partial charge >= 0.3 is 39.5 Å². The summed E-state index contributed by atoms with van der Waals surface area (Å²) in [6.45, 7) is 14.1. The van der Waals surface area contributed by atoms with Gasteiger partial charge in [-0.3, -0.25) is 37.3 Å². The molecule has 19 heteroatoms. The third kappa shape index (κ3) is 63.5. The average molecular weight is 1330 g/mol. The van der Waals surface area contributed by atoms with Crippen LogP contribution in [0, 0.1) is 23.7 Å². The highest BCUT2D eigenvalue weighted by molar-refractivity contribution is 7.47. The molecule has 6 atom stereocenters. The van der Waals surface area contributed by atoms with Crippen molar-refractivity contribution in [3.8, 4) is 0 Å². The van der Waals surface area contributed by atoms with Crippen LogP contribution in [0.3, 0.4) is 0 Å². The van der Waals surface area contributed by atoms with Crippen molar-refractivity contribution in [1.82, 2.24) is 0 Å². The Kier molecular flexibility index (Phi) is 59.4. The van der Waals surface area contributed by atoms with E-state index in [0.29, 0.717) is 37.5 Å². The van der Waals surface area contributed by atoms with Crippen LogP contribution in [0.15, 0.2) is 0 Å². The number of phosphoric ester groups is 2. The number of carbonyl (C=O) groups excluding carboxylic acids is 4. The molecule has 0 amide bonds. The first kappa shape index (κ1) is 88.1. The first-order valence-corrected chi connectivity index (χ1v) is 39.7. The lowest BCUT2D eigenvalue weighted by molar-refractivity contribution is -0.161. The standard InChI is InChI=1S/C71H138O17P2/c1-9-64(8)50-42-34-26-19-20-27-35-43-51-68(73)81-57-67(88-71(76)54-46-38-30-22-25-33-41-49-63(6)7)60-86-90(79,80)84-56-65(72)55-83-89(77,78)85-59-66(58-82-69(74)52-44-36-29-21-24-32-40-48-62(4)5)87-70(75)53-45-37-28-18-16-14-12-10-11-13-15-17-23-31-39-47-61(2)3/h61-67,72H,9-60H2,1-8H3,(H,77,78)(H,79,80)/t64?,65?,66-,67-/m1/s1. The van der Waals surface area contributed by atoms with Crippen molar-refractivity contribution < 1.29 is 80.2 Å². The first-order chi connectivity index (χ1) is 43.1. The number of hydrogen-bond acceptors (Lipinski definition) is 15. The van der Waals surface area contributed by atoms with Gasteiger partial charge in [-0.2, -0.15) is 0 Å². The molecule has 0 heterocycles. The molecule has 17 nitrogen and oxygen atoms in total. The summed E-state index contributed by atoms with van der Waals surface area (Å²) in [5.41, 5.74) is 0. The van der Waals surface area contributed by atoms with Crippen molar-refractivity contribution in [2.24, 2.45) is 23.7 Å². The number of rotatable bonds is 68. The van der Waals surface area contributed by atoms with E-state index in [1.165, 1.54) is 148 Å². The van der Waals surface area contributed by atoms with Gasteiger partial charge in [0.05, 0.1) is 26.4 Å². The Balaban J connectivity index is 5.21. The van der Waals surface area contributed by atoms with Gasteiger partial charge in [-0.15, -0.1) is 0 Å². The average Bonchev–Trinajstić information content (AvgIpc) is 2.76. The highest BCUT2D eigenvalue weighted by atomic mass is 31.2. The Bertz CT molecular complexity index is 1780. The van der Waals surface area contributed by atoms with Crippen molar-refractivity contribution in [2.45, 2.75) is 369 Å². The second-order valence-corrected chi connectivity index (χ2v) is 30.2. The van der Waals surface area contributed by atoms with Crippen LogP contribution in [-0.2, 0) is 65.4 Å². The van der Waals surface area contributed by atoms with E-state index in [0.717, 1.165) is 108 Å². The smallest absolute Gasteiger partial charge is 0.462 e. The van der Waals surface area contributed by atoms with Crippen LogP contribution in [0.4, 0.5) is 0 Å². The van der Waals surface area contributed by atoms with E-state index in [1.54, 1.807) is 0 Å². The predicted octanol–water partition coefficient (Wildman–Crippen LogP) is 20.1. The zero-order valence-electron chi connectivity index (χ0n) is 58.8. The lowest BCUT2D eigenvalue weighted by Crippen LogP contribution is -2.30. The third-order valence-corrected chi connectivity index (χ3v) is 18.6. The van der Waals surface area contributed by atoms with Gasteiger partial charge in [0, 0.05) is 25.7 Å². The molecule has 0 aromatic rings. The normalized spacial score (nSPS) is 14.6. The molecule has 0 aliphatic heterocycles. The number of ether oxygens (including phenoxy) is 4. The zero-order chi connectivity index (χ0) is 66.8. The van der Waals surface area contributed by atoms with Gasteiger partial charge < -0.3 is 33.8 Å². The van der Waals surface area contributed by atoms with Crippen LogP contribution in [0.5, 0.6) is 0 Å². The van der Waals surface area contributed by atoms with Crippen molar-refractivity contribution in [2.75, 3.05) is 39.6 Å². The Morgan fingerprint density at radius 1 is 0.311 bits per heavy atom. The maximum absolute atomic E-state index is 13.0. The highest BCUT2D eigenvalue weighted by Gasteiger charge is 2.30. The monoisotopic (exact) mass is 1320 g/mol. The summed E-state index contributed by atoms with van der Waals surface area (Å²) in [6, 6.07) is 0. The van der Waals surface area contributed by atoms with E-state index in [4.69, 9.17) is 37.0 Å². The quantitative estimate of drug-likeness (QED) is 0.0222. The van der Waals surface area contributed by atoms with Gasteiger partial charge in [-0.1, -0.05) is 299 Å². The summed E-state index contributed by atoms with van der Waals surface area (Å²) in [6.07, 6.45) is 43.2. The summed E-state index contributed by atoms with van der Waals surface area (Å²) in [5, 5.41) is 10.6. The summed E-state index contributed by atoms with van der Waals surface area (Å²) >= 11 is 0. The number of unbranched alkanes of at least 4 members (excludes halogenated alkanes) is 33. The van der Waals surface area contributed by atoms with E-state index < -0.39 is 97.5 Å². The van der Waals surface area contributed by atoms with E-state index in [9.17, 15) is 43.2 Å². The Hall–Kier alpha value is -1.94. The maximum Gasteiger partial charge on any atom is 0.472 e. The molecular weight excluding hydrogens is 1190 g/mol. The molecule has 0 bridgehead atoms. The van der Waals surface area contributed by atoms with Crippen molar-refractivity contribution in [1.29, 1.82) is 0 Å². The van der Waals surface area contributed by atoms with Crippen molar-refractivity contribution >= 4 is 39.5 Å². The third-order valence-electron chi connectivity index (χ3n) is 16.7. The topological polar surface area (TPSA) is 237 Å². The molecule has 0 rings (SSSR count). The molecule has 0 aliphatic carbocycles. The van der Waals surface area contributed by atoms with Crippen LogP contribution < -0.4 is 0 Å². The van der Waals surface area contributed by atoms with Gasteiger partial charge in [0.2, 0.25) is 0 Å². The van der Waals surface area contributed by atoms with Gasteiger partial charge in [0.1, 0.15) is 19.3 Å². The number of aliphatic hydroxyl groups excluding tert-OH is 1. The summed E-state index contributed by atoms with van der Waals surface area (Å²) in [7, 11) is -9.90. The molecule has 534 valence electrons. The first-order valence-electron chi connectivity index (χ1n) is 36.7. The van der Waals surface area contributed by atoms with E-state index in [2.05, 4.69) is 55.4 Å². The van der Waals surface area contributed by atoms with E-state index in [1.807, 2.05) is 0 Å². The Labute approximate surface area is 549 Å². The molecule has 3 N–H and O–H groups in total. The fourth-order valence-electron chi connectivity index (χ4n) is 10.6. The van der Waals surface area contributed by atoms with Crippen LogP contribution in [0.25, 0.3) is 0 Å². The van der Waals surface area contributed by atoms with Crippen LogP contribution in [0.1, 0.15) is 351 Å². The molecule has 4 unspecified atom stereocenters. The number of carbonyl (C=O) groups is 4. The molecule has 0 aromatic heterocycles. The summed E-state index contributed by atoms with van der Waals surface area (Å²) in [4.78, 5) is 72.5. The molecule has 0 saturated heterocycles. The number of hydrogen-bond donors (Lipinski definition) is 3. The van der Waals surface area contributed by atoms with Crippen LogP contribution in [-0.4, -0.2) is 96.7 Å². The molecule has 0 aliphatic rings. The minimum Gasteiger partial charge on any atom is -0.462 e. The van der Waals surface area contributed by atoms with Gasteiger partial charge in [0.25, 0.3) is 0 Å². The van der Waals surface area contributed by atoms with Crippen LogP contribution in [0.2, 0.25) is 0 Å². The minimum absolute atomic E-state index is 0.102. The second-order valence-electron chi connectivity index (χ2n) is 27.3. The van der Waals surface area contributed by atoms with E-state index in [-0.39, 0.29) is 25.7 Å². The SMILES string of the molecule is CCC(C)CCCCCCCCCCC(=O)OC[C@H](COP(=O)(O)OCC(O)COP(=O)(O)OC[C@@H](COC(=O)CCCCCCCCCC(C)C)OC(=O)CCCCCCCCCCCCCCCCCC(C)C)OC(=O)CCCCCCCCCC(C)C. The molecule has 90 heavy (non-hydrogen) atoms. The fraction of sp³-hybridized carbons (Fsp3) is 0.944. The van der Waals surface area contributed by atoms with Crippen molar-refractivity contribution in [3.05, 3.63) is 0 Å². The number of esters is 4. The minimum atomic E-state index is -4.95.